The summed E-state index contributed by atoms with van der Waals surface area (Å²) in [6.07, 6.45) is 7.83. The summed E-state index contributed by atoms with van der Waals surface area (Å²) in [5, 5.41) is 20.6. The number of nitrogens with zero attached hydrogens (tertiary/aromatic N) is 5. The molecule has 0 aliphatic carbocycles. The molecule has 1 fully saturated rings. The number of amides is 1. The summed E-state index contributed by atoms with van der Waals surface area (Å²) in [6, 6.07) is 11.8. The Morgan fingerprint density at radius 2 is 1.94 bits per heavy atom. The Morgan fingerprint density at radius 3 is 2.69 bits per heavy atom. The molecule has 3 N–H and O–H groups in total. The van der Waals surface area contributed by atoms with Crippen LogP contribution in [0.4, 0.5) is 11.5 Å². The Morgan fingerprint density at radius 1 is 1.11 bits per heavy atom. The first-order valence-corrected chi connectivity index (χ1v) is 12.2. The predicted molar refractivity (Wildman–Crippen MR) is 141 cm³/mol. The summed E-state index contributed by atoms with van der Waals surface area (Å²) >= 11 is 0. The second-order valence-corrected chi connectivity index (χ2v) is 9.49. The molecule has 9 nitrogen and oxygen atoms in total. The smallest absolute Gasteiger partial charge is 0.276 e. The van der Waals surface area contributed by atoms with Crippen molar-refractivity contribution in [2.75, 3.05) is 43.9 Å². The number of nitrogens with one attached hydrogen (secondary N) is 2. The first-order valence-electron chi connectivity index (χ1n) is 12.2. The van der Waals surface area contributed by atoms with Gasteiger partial charge in [0.1, 0.15) is 5.82 Å². The maximum atomic E-state index is 13.0. The van der Waals surface area contributed by atoms with Crippen LogP contribution in [-0.4, -0.2) is 75.9 Å². The highest BCUT2D eigenvalue weighted by atomic mass is 16.3. The molecule has 0 atom stereocenters. The SMILES string of the molecule is CN(C)c1ccc(NC(=O)c2n[nH]c3ccc(-c4cncc(CCN5CCC(O)CC5)c4)cc23)cn1. The highest BCUT2D eigenvalue weighted by Gasteiger charge is 2.18. The third kappa shape index (κ3) is 5.37. The Hall–Kier alpha value is -3.82. The summed E-state index contributed by atoms with van der Waals surface area (Å²) < 4.78 is 0. The molecule has 4 heterocycles. The summed E-state index contributed by atoms with van der Waals surface area (Å²) in [6.45, 7) is 2.83. The predicted octanol–water partition coefficient (Wildman–Crippen LogP) is 3.34. The lowest BCUT2D eigenvalue weighted by atomic mass is 10.0. The number of hydrogen-bond acceptors (Lipinski definition) is 7. The quantitative estimate of drug-likeness (QED) is 0.368. The average molecular weight is 486 g/mol. The van der Waals surface area contributed by atoms with Crippen molar-refractivity contribution in [1.82, 2.24) is 25.1 Å². The van der Waals surface area contributed by atoms with Crippen molar-refractivity contribution in [3.05, 3.63) is 66.2 Å². The molecule has 5 rings (SSSR count). The Kier molecular flexibility index (Phi) is 6.92. The van der Waals surface area contributed by atoms with E-state index in [1.54, 1.807) is 6.20 Å². The molecule has 0 unspecified atom stereocenters. The zero-order valence-corrected chi connectivity index (χ0v) is 20.6. The van der Waals surface area contributed by atoms with Gasteiger partial charge in [-0.3, -0.25) is 14.9 Å². The number of aliphatic hydroxyl groups excluding tert-OH is 1. The van der Waals surface area contributed by atoms with Gasteiger partial charge in [-0.2, -0.15) is 5.10 Å². The highest BCUT2D eigenvalue weighted by Crippen LogP contribution is 2.26. The number of carbonyl (C=O) groups is 1. The fourth-order valence-electron chi connectivity index (χ4n) is 4.49. The maximum Gasteiger partial charge on any atom is 0.276 e. The minimum atomic E-state index is -0.295. The molecule has 0 saturated carbocycles. The fraction of sp³-hybridized carbons (Fsp3) is 0.333. The lowest BCUT2D eigenvalue weighted by Crippen LogP contribution is -2.37. The van der Waals surface area contributed by atoms with E-state index >= 15 is 0 Å². The van der Waals surface area contributed by atoms with Crippen LogP contribution >= 0.6 is 0 Å². The molecule has 0 radical (unpaired) electrons. The van der Waals surface area contributed by atoms with Gasteiger partial charge < -0.3 is 20.2 Å². The monoisotopic (exact) mass is 485 g/mol. The van der Waals surface area contributed by atoms with Gasteiger partial charge in [0.05, 0.1) is 23.5 Å². The minimum absolute atomic E-state index is 0.156. The molecule has 1 aliphatic heterocycles. The number of H-pyrrole nitrogens is 1. The number of carbonyl (C=O) groups excluding carboxylic acids is 1. The molecule has 1 saturated heterocycles. The lowest BCUT2D eigenvalue weighted by molar-refractivity contribution is 0.0832. The van der Waals surface area contributed by atoms with Crippen molar-refractivity contribution in [3.63, 3.8) is 0 Å². The minimum Gasteiger partial charge on any atom is -0.393 e. The molecular weight excluding hydrogens is 454 g/mol. The van der Waals surface area contributed by atoms with E-state index < -0.39 is 0 Å². The zero-order valence-electron chi connectivity index (χ0n) is 20.6. The zero-order chi connectivity index (χ0) is 25.1. The summed E-state index contributed by atoms with van der Waals surface area (Å²) in [5.74, 6) is 0.518. The number of aromatic nitrogens is 4. The number of anilines is 2. The average Bonchev–Trinajstić information content (AvgIpc) is 3.32. The van der Waals surface area contributed by atoms with Crippen molar-refractivity contribution in [3.8, 4) is 11.1 Å². The van der Waals surface area contributed by atoms with Crippen LogP contribution in [0.25, 0.3) is 22.0 Å². The van der Waals surface area contributed by atoms with E-state index in [1.165, 1.54) is 0 Å². The van der Waals surface area contributed by atoms with E-state index in [2.05, 4.69) is 36.4 Å². The van der Waals surface area contributed by atoms with Crippen molar-refractivity contribution in [1.29, 1.82) is 0 Å². The van der Waals surface area contributed by atoms with E-state index in [0.717, 1.165) is 72.3 Å². The number of likely N-dealkylation sites (tertiary alicyclic amines) is 1. The first-order chi connectivity index (χ1) is 17.5. The van der Waals surface area contributed by atoms with Gasteiger partial charge in [-0.1, -0.05) is 6.07 Å². The molecule has 1 aliphatic rings. The molecule has 9 heteroatoms. The summed E-state index contributed by atoms with van der Waals surface area (Å²) in [7, 11) is 3.83. The van der Waals surface area contributed by atoms with Gasteiger partial charge in [-0.05, 0) is 60.7 Å². The van der Waals surface area contributed by atoms with Crippen LogP contribution in [-0.2, 0) is 6.42 Å². The van der Waals surface area contributed by atoms with Crippen LogP contribution in [0.2, 0.25) is 0 Å². The van der Waals surface area contributed by atoms with Gasteiger partial charge in [-0.15, -0.1) is 0 Å². The van der Waals surface area contributed by atoms with E-state index in [0.29, 0.717) is 11.4 Å². The number of pyridine rings is 2. The number of rotatable bonds is 7. The summed E-state index contributed by atoms with van der Waals surface area (Å²) in [5.41, 5.74) is 4.88. The second kappa shape index (κ2) is 10.4. The molecule has 0 bridgehead atoms. The molecule has 186 valence electrons. The Balaban J connectivity index is 1.32. The van der Waals surface area contributed by atoms with Crippen LogP contribution in [0.15, 0.2) is 55.0 Å². The van der Waals surface area contributed by atoms with E-state index in [1.807, 2.05) is 61.7 Å². The standard InChI is InChI=1S/C27H31N7O2/c1-33(2)25-6-4-21(17-29-25)30-27(36)26-23-14-19(3-5-24(23)31-32-26)20-13-18(15-28-16-20)7-10-34-11-8-22(35)9-12-34/h3-6,13-17,22,35H,7-12H2,1-2H3,(H,30,36)(H,31,32). The Bertz CT molecular complexity index is 1340. The number of benzene rings is 1. The van der Waals surface area contributed by atoms with Crippen LogP contribution in [0.5, 0.6) is 0 Å². The fourth-order valence-corrected chi connectivity index (χ4v) is 4.49. The maximum absolute atomic E-state index is 13.0. The van der Waals surface area contributed by atoms with Gasteiger partial charge in [-0.25, -0.2) is 4.98 Å². The van der Waals surface area contributed by atoms with Crippen molar-refractivity contribution in [2.45, 2.75) is 25.4 Å². The highest BCUT2D eigenvalue weighted by molar-refractivity contribution is 6.11. The van der Waals surface area contributed by atoms with Gasteiger partial charge in [0.25, 0.3) is 5.91 Å². The molecule has 3 aromatic heterocycles. The molecule has 1 aromatic carbocycles. The molecule has 36 heavy (non-hydrogen) atoms. The lowest BCUT2D eigenvalue weighted by Gasteiger charge is -2.29. The van der Waals surface area contributed by atoms with Crippen molar-refractivity contribution >= 4 is 28.3 Å². The van der Waals surface area contributed by atoms with Gasteiger partial charge >= 0.3 is 0 Å². The number of piperidine rings is 1. The molecular formula is C27H31N7O2. The number of hydrogen-bond donors (Lipinski definition) is 3. The second-order valence-electron chi connectivity index (χ2n) is 9.49. The van der Waals surface area contributed by atoms with Crippen molar-refractivity contribution in [2.24, 2.45) is 0 Å². The van der Waals surface area contributed by atoms with E-state index in [-0.39, 0.29) is 12.0 Å². The van der Waals surface area contributed by atoms with Crippen molar-refractivity contribution < 1.29 is 9.90 Å². The normalized spacial score (nSPS) is 14.8. The first kappa shape index (κ1) is 23.9. The Labute approximate surface area is 210 Å². The third-order valence-electron chi connectivity index (χ3n) is 6.64. The largest absolute Gasteiger partial charge is 0.393 e. The van der Waals surface area contributed by atoms with E-state index in [4.69, 9.17) is 0 Å². The van der Waals surface area contributed by atoms with Crippen LogP contribution in [0, 0.1) is 0 Å². The number of aromatic amines is 1. The van der Waals surface area contributed by atoms with Gasteiger partial charge in [0, 0.05) is 57.1 Å². The number of aliphatic hydroxyl groups is 1. The van der Waals surface area contributed by atoms with E-state index in [9.17, 15) is 9.90 Å². The van der Waals surface area contributed by atoms with Gasteiger partial charge in [0.2, 0.25) is 0 Å². The number of fused-ring (bicyclic) bond motifs is 1. The van der Waals surface area contributed by atoms with Crippen LogP contribution in [0.3, 0.4) is 0 Å². The van der Waals surface area contributed by atoms with Gasteiger partial charge in [0.15, 0.2) is 5.69 Å². The molecule has 0 spiro atoms. The van der Waals surface area contributed by atoms with Crippen LogP contribution < -0.4 is 10.2 Å². The topological polar surface area (TPSA) is 110 Å². The third-order valence-corrected chi connectivity index (χ3v) is 6.64. The molecule has 1 amide bonds. The van der Waals surface area contributed by atoms with Crippen LogP contribution in [0.1, 0.15) is 28.9 Å². The summed E-state index contributed by atoms with van der Waals surface area (Å²) in [4.78, 5) is 26.1. The molecule has 4 aromatic rings.